The predicted molar refractivity (Wildman–Crippen MR) is 127 cm³/mol. The third-order valence-corrected chi connectivity index (χ3v) is 7.88. The zero-order valence-corrected chi connectivity index (χ0v) is 20.4. The maximum absolute atomic E-state index is 13.1. The number of aliphatic hydroxyl groups is 2. The smallest absolute Gasteiger partial charge is 0.333 e. The number of hydrogen-bond acceptors (Lipinski definition) is 5. The van der Waals surface area contributed by atoms with Gasteiger partial charge in [-0.05, 0) is 112 Å². The lowest BCUT2D eigenvalue weighted by atomic mass is 9.91. The number of carbonyl (C=O) groups excluding carboxylic acids is 1. The van der Waals surface area contributed by atoms with E-state index in [-0.39, 0.29) is 4.90 Å². The summed E-state index contributed by atoms with van der Waals surface area (Å²) in [5.74, 6) is 0. The molecule has 7 nitrogen and oxygen atoms in total. The Morgan fingerprint density at radius 2 is 1.30 bits per heavy atom. The van der Waals surface area contributed by atoms with Gasteiger partial charge in [-0.25, -0.2) is 17.9 Å². The van der Waals surface area contributed by atoms with Crippen molar-refractivity contribution >= 4 is 21.7 Å². The molecule has 33 heavy (non-hydrogen) atoms. The summed E-state index contributed by atoms with van der Waals surface area (Å²) in [7, 11) is -4.26. The first-order chi connectivity index (χ1) is 15.3. The molecule has 0 spiro atoms. The molecule has 2 aromatic rings. The molecule has 4 N–H and O–H groups in total. The van der Waals surface area contributed by atoms with E-state index in [0.717, 1.165) is 55.3 Å². The van der Waals surface area contributed by atoms with Crippen LogP contribution in [0.15, 0.2) is 29.2 Å². The number of rotatable bonds is 5. The van der Waals surface area contributed by atoms with Crippen LogP contribution in [0, 0.1) is 0 Å². The fourth-order valence-electron chi connectivity index (χ4n) is 4.75. The SMILES string of the molecule is CC(C)(O)c1cc(C(C)(C)O)cc(S(=O)(=O)NC(=O)Nc2c3c(cc4c2CCC4)CCC3)c1. The fraction of sp³-hybridized carbons (Fsp3) is 0.480. The van der Waals surface area contributed by atoms with Crippen LogP contribution in [0.4, 0.5) is 10.5 Å². The Labute approximate surface area is 195 Å². The molecule has 0 unspecified atom stereocenters. The van der Waals surface area contributed by atoms with Gasteiger partial charge in [-0.15, -0.1) is 0 Å². The number of fused-ring (bicyclic) bond motifs is 2. The van der Waals surface area contributed by atoms with Crippen LogP contribution in [0.1, 0.15) is 73.9 Å². The molecule has 178 valence electrons. The van der Waals surface area contributed by atoms with Crippen molar-refractivity contribution in [2.45, 2.75) is 82.3 Å². The van der Waals surface area contributed by atoms with Crippen molar-refractivity contribution in [1.29, 1.82) is 0 Å². The van der Waals surface area contributed by atoms with E-state index in [1.807, 2.05) is 0 Å². The molecule has 4 rings (SSSR count). The minimum atomic E-state index is -4.26. The van der Waals surface area contributed by atoms with Gasteiger partial charge in [0, 0.05) is 5.69 Å². The van der Waals surface area contributed by atoms with E-state index in [2.05, 4.69) is 16.1 Å². The second kappa shape index (κ2) is 8.11. The van der Waals surface area contributed by atoms with Crippen molar-refractivity contribution in [3.8, 4) is 0 Å². The average Bonchev–Trinajstić information content (AvgIpc) is 3.35. The zero-order chi connectivity index (χ0) is 24.2. The van der Waals surface area contributed by atoms with Gasteiger partial charge in [0.15, 0.2) is 0 Å². The van der Waals surface area contributed by atoms with Gasteiger partial charge in [-0.3, -0.25) is 0 Å². The van der Waals surface area contributed by atoms with E-state index in [0.29, 0.717) is 11.1 Å². The Morgan fingerprint density at radius 3 is 1.76 bits per heavy atom. The third-order valence-electron chi connectivity index (χ3n) is 6.57. The molecular formula is C25H32N2O5S. The summed E-state index contributed by atoms with van der Waals surface area (Å²) < 4.78 is 28.4. The number of carbonyl (C=O) groups is 1. The lowest BCUT2D eigenvalue weighted by molar-refractivity contribution is 0.0713. The summed E-state index contributed by atoms with van der Waals surface area (Å²) in [4.78, 5) is 12.7. The topological polar surface area (TPSA) is 116 Å². The van der Waals surface area contributed by atoms with Gasteiger partial charge < -0.3 is 15.5 Å². The number of hydrogen-bond donors (Lipinski definition) is 4. The molecule has 0 bridgehead atoms. The first kappa shape index (κ1) is 23.7. The van der Waals surface area contributed by atoms with E-state index in [1.165, 1.54) is 51.0 Å². The molecule has 0 saturated carbocycles. The van der Waals surface area contributed by atoms with Gasteiger partial charge in [-0.1, -0.05) is 12.1 Å². The van der Waals surface area contributed by atoms with Crippen molar-refractivity contribution in [3.05, 3.63) is 57.6 Å². The second-order valence-electron chi connectivity index (χ2n) is 10.2. The standard InChI is InChI=1S/C25H32N2O5S/c1-24(2,29)17-12-18(25(3,4)30)14-19(13-17)33(31,32)27-23(28)26-22-20-9-5-7-15(20)11-16-8-6-10-21(16)22/h11-14,29-30H,5-10H2,1-4H3,(H2,26,27,28). The van der Waals surface area contributed by atoms with Crippen molar-refractivity contribution in [2.24, 2.45) is 0 Å². The summed E-state index contributed by atoms with van der Waals surface area (Å²) in [6.45, 7) is 6.13. The highest BCUT2D eigenvalue weighted by atomic mass is 32.2. The quantitative estimate of drug-likeness (QED) is 0.530. The van der Waals surface area contributed by atoms with Crippen molar-refractivity contribution in [3.63, 3.8) is 0 Å². The first-order valence-corrected chi connectivity index (χ1v) is 12.8. The normalized spacial score (nSPS) is 15.8. The van der Waals surface area contributed by atoms with Crippen LogP contribution >= 0.6 is 0 Å². The van der Waals surface area contributed by atoms with Crippen LogP contribution in [0.2, 0.25) is 0 Å². The highest BCUT2D eigenvalue weighted by molar-refractivity contribution is 7.90. The number of nitrogens with one attached hydrogen (secondary N) is 2. The first-order valence-electron chi connectivity index (χ1n) is 11.4. The number of anilines is 1. The summed E-state index contributed by atoms with van der Waals surface area (Å²) in [6.07, 6.45) is 5.73. The van der Waals surface area contributed by atoms with E-state index in [1.54, 1.807) is 6.07 Å². The molecule has 2 aliphatic carbocycles. The van der Waals surface area contributed by atoms with Crippen molar-refractivity contribution < 1.29 is 23.4 Å². The minimum absolute atomic E-state index is 0.196. The lowest BCUT2D eigenvalue weighted by Gasteiger charge is -2.24. The monoisotopic (exact) mass is 472 g/mol. The largest absolute Gasteiger partial charge is 0.386 e. The minimum Gasteiger partial charge on any atom is -0.386 e. The Kier molecular flexibility index (Phi) is 5.83. The van der Waals surface area contributed by atoms with Crippen LogP contribution in [-0.2, 0) is 46.9 Å². The van der Waals surface area contributed by atoms with Crippen LogP contribution in [-0.4, -0.2) is 24.7 Å². The van der Waals surface area contributed by atoms with Crippen LogP contribution < -0.4 is 10.0 Å². The van der Waals surface area contributed by atoms with Gasteiger partial charge in [0.25, 0.3) is 10.0 Å². The van der Waals surface area contributed by atoms with Crippen molar-refractivity contribution in [1.82, 2.24) is 4.72 Å². The molecule has 0 aliphatic heterocycles. The fourth-order valence-corrected chi connectivity index (χ4v) is 5.73. The summed E-state index contributed by atoms with van der Waals surface area (Å²) in [6, 6.07) is 5.63. The Hall–Kier alpha value is -2.42. The Morgan fingerprint density at radius 1 is 0.818 bits per heavy atom. The van der Waals surface area contributed by atoms with E-state index in [9.17, 15) is 23.4 Å². The Balaban J connectivity index is 1.65. The van der Waals surface area contributed by atoms with Crippen LogP contribution in [0.25, 0.3) is 0 Å². The zero-order valence-electron chi connectivity index (χ0n) is 19.6. The maximum Gasteiger partial charge on any atom is 0.333 e. The van der Waals surface area contributed by atoms with Crippen LogP contribution in [0.5, 0.6) is 0 Å². The molecule has 8 heteroatoms. The third kappa shape index (κ3) is 4.78. The van der Waals surface area contributed by atoms with Gasteiger partial charge >= 0.3 is 6.03 Å². The van der Waals surface area contributed by atoms with E-state index >= 15 is 0 Å². The average molecular weight is 473 g/mol. The highest BCUT2D eigenvalue weighted by Gasteiger charge is 2.29. The summed E-state index contributed by atoms with van der Waals surface area (Å²) >= 11 is 0. The molecule has 2 aliphatic rings. The maximum atomic E-state index is 13.1. The van der Waals surface area contributed by atoms with E-state index in [4.69, 9.17) is 0 Å². The molecule has 0 radical (unpaired) electrons. The molecule has 2 amide bonds. The van der Waals surface area contributed by atoms with Crippen molar-refractivity contribution in [2.75, 3.05) is 5.32 Å². The molecule has 0 heterocycles. The summed E-state index contributed by atoms with van der Waals surface area (Å²) in [5, 5.41) is 23.7. The van der Waals surface area contributed by atoms with Crippen LogP contribution in [0.3, 0.4) is 0 Å². The molecular weight excluding hydrogens is 440 g/mol. The second-order valence-corrected chi connectivity index (χ2v) is 11.8. The molecule has 0 atom stereocenters. The number of benzene rings is 2. The molecule has 0 fully saturated rings. The number of urea groups is 1. The van der Waals surface area contributed by atoms with Gasteiger partial charge in [-0.2, -0.15) is 0 Å². The Bertz CT molecular complexity index is 1160. The highest BCUT2D eigenvalue weighted by Crippen LogP contribution is 2.38. The molecule has 2 aromatic carbocycles. The number of amides is 2. The van der Waals surface area contributed by atoms with Gasteiger partial charge in [0.1, 0.15) is 0 Å². The number of sulfonamides is 1. The lowest BCUT2D eigenvalue weighted by Crippen LogP contribution is -2.35. The summed E-state index contributed by atoms with van der Waals surface area (Å²) in [5.41, 5.74) is 3.42. The van der Waals surface area contributed by atoms with Gasteiger partial charge in [0.05, 0.1) is 16.1 Å². The predicted octanol–water partition coefficient (Wildman–Crippen LogP) is 3.63. The van der Waals surface area contributed by atoms with E-state index < -0.39 is 27.3 Å². The molecule has 0 aromatic heterocycles. The molecule has 0 saturated heterocycles. The van der Waals surface area contributed by atoms with Gasteiger partial charge in [0.2, 0.25) is 0 Å². The number of aryl methyl sites for hydroxylation is 2.